The van der Waals surface area contributed by atoms with E-state index >= 15 is 0 Å². The SMILES string of the molecule is CC(C)(CCl)C(=O)N1CCC2(CC1)NC(C(=O)NCCc1ccc(Cl)cc1Cl)CS2. The van der Waals surface area contributed by atoms with Crippen molar-refractivity contribution in [2.24, 2.45) is 5.41 Å². The highest BCUT2D eigenvalue weighted by Crippen LogP contribution is 2.40. The van der Waals surface area contributed by atoms with Gasteiger partial charge in [0.1, 0.15) is 0 Å². The third-order valence-electron chi connectivity index (χ3n) is 5.76. The first-order valence-corrected chi connectivity index (χ1v) is 12.4. The largest absolute Gasteiger partial charge is 0.354 e. The first-order valence-electron chi connectivity index (χ1n) is 10.1. The van der Waals surface area contributed by atoms with Gasteiger partial charge in [0.15, 0.2) is 0 Å². The molecule has 2 saturated heterocycles. The molecule has 0 radical (unpaired) electrons. The fraction of sp³-hybridized carbons (Fsp3) is 0.619. The Morgan fingerprint density at radius 3 is 2.63 bits per heavy atom. The van der Waals surface area contributed by atoms with E-state index in [1.54, 1.807) is 23.9 Å². The van der Waals surface area contributed by atoms with E-state index in [0.29, 0.717) is 42.0 Å². The summed E-state index contributed by atoms with van der Waals surface area (Å²) in [5, 5.41) is 7.75. The Morgan fingerprint density at radius 2 is 2.00 bits per heavy atom. The molecule has 9 heteroatoms. The van der Waals surface area contributed by atoms with Gasteiger partial charge in [-0.1, -0.05) is 29.3 Å². The average Bonchev–Trinajstić information content (AvgIpc) is 3.13. The molecule has 2 aliphatic rings. The number of benzene rings is 1. The number of amides is 2. The van der Waals surface area contributed by atoms with Crippen molar-refractivity contribution in [3.05, 3.63) is 33.8 Å². The van der Waals surface area contributed by atoms with E-state index in [-0.39, 0.29) is 22.7 Å². The zero-order chi connectivity index (χ0) is 21.9. The molecule has 1 spiro atoms. The number of nitrogens with zero attached hydrogens (tertiary/aromatic N) is 1. The van der Waals surface area contributed by atoms with Crippen LogP contribution in [0.5, 0.6) is 0 Å². The summed E-state index contributed by atoms with van der Waals surface area (Å²) >= 11 is 19.9. The van der Waals surface area contributed by atoms with Gasteiger partial charge in [0, 0.05) is 41.3 Å². The molecule has 5 nitrogen and oxygen atoms in total. The molecule has 0 aromatic heterocycles. The number of thioether (sulfide) groups is 1. The minimum atomic E-state index is -0.544. The Labute approximate surface area is 197 Å². The summed E-state index contributed by atoms with van der Waals surface area (Å²) < 4.78 is 0. The molecule has 0 bridgehead atoms. The number of likely N-dealkylation sites (tertiary alicyclic amines) is 1. The first kappa shape index (κ1) is 24.0. The fourth-order valence-electron chi connectivity index (χ4n) is 3.80. The topological polar surface area (TPSA) is 61.4 Å². The molecule has 0 aliphatic carbocycles. The maximum absolute atomic E-state index is 12.6. The van der Waals surface area contributed by atoms with Gasteiger partial charge >= 0.3 is 0 Å². The Hall–Kier alpha value is -0.660. The third-order valence-corrected chi connectivity index (χ3v) is 8.59. The van der Waals surface area contributed by atoms with Crippen molar-refractivity contribution in [1.29, 1.82) is 0 Å². The second-order valence-electron chi connectivity index (χ2n) is 8.59. The van der Waals surface area contributed by atoms with Gasteiger partial charge in [-0.2, -0.15) is 0 Å². The highest BCUT2D eigenvalue weighted by molar-refractivity contribution is 8.01. The zero-order valence-electron chi connectivity index (χ0n) is 17.3. The molecule has 2 N–H and O–H groups in total. The van der Waals surface area contributed by atoms with Crippen LogP contribution in [0.1, 0.15) is 32.3 Å². The molecule has 2 fully saturated rings. The predicted molar refractivity (Wildman–Crippen MR) is 126 cm³/mol. The van der Waals surface area contributed by atoms with Gasteiger partial charge in [0.2, 0.25) is 11.8 Å². The fourth-order valence-corrected chi connectivity index (χ4v) is 5.83. The standard InChI is InChI=1S/C21H28Cl3N3O2S/c1-20(2,13-22)19(29)27-9-6-21(7-10-27)26-17(12-30-21)18(28)25-8-5-14-3-4-15(23)11-16(14)24/h3-4,11,17,26H,5-10,12-13H2,1-2H3,(H,25,28). The Morgan fingerprint density at radius 1 is 1.30 bits per heavy atom. The van der Waals surface area contributed by atoms with E-state index in [1.165, 1.54) is 0 Å². The number of carbonyl (C=O) groups is 2. The van der Waals surface area contributed by atoms with Gasteiger partial charge in [-0.15, -0.1) is 23.4 Å². The number of alkyl halides is 1. The number of piperidine rings is 1. The van der Waals surface area contributed by atoms with Crippen molar-refractivity contribution in [2.75, 3.05) is 31.3 Å². The zero-order valence-corrected chi connectivity index (χ0v) is 20.4. The predicted octanol–water partition coefficient (Wildman–Crippen LogP) is 3.94. The molecule has 1 unspecified atom stereocenters. The van der Waals surface area contributed by atoms with Crippen molar-refractivity contribution in [3.8, 4) is 0 Å². The second-order valence-corrected chi connectivity index (χ2v) is 11.1. The van der Waals surface area contributed by atoms with Crippen LogP contribution < -0.4 is 10.6 Å². The molecular formula is C21H28Cl3N3O2S. The van der Waals surface area contributed by atoms with Crippen molar-refractivity contribution >= 4 is 58.4 Å². The quantitative estimate of drug-likeness (QED) is 0.591. The van der Waals surface area contributed by atoms with Crippen molar-refractivity contribution in [3.63, 3.8) is 0 Å². The lowest BCUT2D eigenvalue weighted by molar-refractivity contribution is -0.140. The smallest absolute Gasteiger partial charge is 0.238 e. The molecule has 30 heavy (non-hydrogen) atoms. The summed E-state index contributed by atoms with van der Waals surface area (Å²) in [6, 6.07) is 5.17. The lowest BCUT2D eigenvalue weighted by Crippen LogP contribution is -2.55. The molecule has 2 aliphatic heterocycles. The van der Waals surface area contributed by atoms with Gasteiger partial charge in [0.25, 0.3) is 0 Å². The Balaban J connectivity index is 1.46. The summed E-state index contributed by atoms with van der Waals surface area (Å²) in [5.74, 6) is 1.15. The van der Waals surface area contributed by atoms with Crippen LogP contribution in [-0.4, -0.2) is 58.9 Å². The van der Waals surface area contributed by atoms with Crippen molar-refractivity contribution < 1.29 is 9.59 Å². The molecule has 2 heterocycles. The minimum absolute atomic E-state index is 0.00578. The van der Waals surface area contributed by atoms with Crippen LogP contribution in [0.3, 0.4) is 0 Å². The van der Waals surface area contributed by atoms with Crippen LogP contribution in [0.25, 0.3) is 0 Å². The number of halogens is 3. The molecule has 0 saturated carbocycles. The number of hydrogen-bond donors (Lipinski definition) is 2. The lowest BCUT2D eigenvalue weighted by Gasteiger charge is -2.41. The lowest BCUT2D eigenvalue weighted by atomic mass is 9.92. The van der Waals surface area contributed by atoms with Gasteiger partial charge < -0.3 is 10.2 Å². The molecule has 3 rings (SSSR count). The first-order chi connectivity index (χ1) is 14.2. The summed E-state index contributed by atoms with van der Waals surface area (Å²) in [4.78, 5) is 27.0. The summed E-state index contributed by atoms with van der Waals surface area (Å²) in [7, 11) is 0. The van der Waals surface area contributed by atoms with E-state index in [4.69, 9.17) is 34.8 Å². The van der Waals surface area contributed by atoms with Crippen molar-refractivity contribution in [2.45, 2.75) is 44.0 Å². The highest BCUT2D eigenvalue weighted by Gasteiger charge is 2.45. The van der Waals surface area contributed by atoms with Gasteiger partial charge in [-0.3, -0.25) is 14.9 Å². The Kier molecular flexibility index (Phi) is 7.89. The maximum Gasteiger partial charge on any atom is 0.238 e. The van der Waals surface area contributed by atoms with Crippen LogP contribution in [0, 0.1) is 5.41 Å². The molecule has 166 valence electrons. The summed E-state index contributed by atoms with van der Waals surface area (Å²) in [6.45, 7) is 5.65. The molecule has 1 atom stereocenters. The number of nitrogens with one attached hydrogen (secondary N) is 2. The number of rotatable bonds is 6. The second kappa shape index (κ2) is 9.86. The van der Waals surface area contributed by atoms with Crippen LogP contribution >= 0.6 is 46.6 Å². The van der Waals surface area contributed by atoms with Gasteiger partial charge in [-0.05, 0) is 50.8 Å². The van der Waals surface area contributed by atoms with Crippen molar-refractivity contribution in [1.82, 2.24) is 15.5 Å². The number of carbonyl (C=O) groups excluding carboxylic acids is 2. The molecular weight excluding hydrogens is 465 g/mol. The Bertz CT molecular complexity index is 798. The third kappa shape index (κ3) is 5.57. The molecule has 1 aromatic carbocycles. The van der Waals surface area contributed by atoms with E-state index in [0.717, 1.165) is 24.2 Å². The minimum Gasteiger partial charge on any atom is -0.354 e. The number of hydrogen-bond acceptors (Lipinski definition) is 4. The van der Waals surface area contributed by atoms with Crippen LogP contribution in [-0.2, 0) is 16.0 Å². The van der Waals surface area contributed by atoms with Gasteiger partial charge in [0.05, 0.1) is 16.3 Å². The van der Waals surface area contributed by atoms with Crippen LogP contribution in [0.15, 0.2) is 18.2 Å². The van der Waals surface area contributed by atoms with E-state index < -0.39 is 5.41 Å². The maximum atomic E-state index is 12.6. The molecule has 2 amide bonds. The molecule has 1 aromatic rings. The van der Waals surface area contributed by atoms with E-state index in [1.807, 2.05) is 24.8 Å². The monoisotopic (exact) mass is 491 g/mol. The highest BCUT2D eigenvalue weighted by atomic mass is 35.5. The normalized spacial score (nSPS) is 21.1. The average molecular weight is 493 g/mol. The van der Waals surface area contributed by atoms with Gasteiger partial charge in [-0.25, -0.2) is 0 Å². The summed E-state index contributed by atoms with van der Waals surface area (Å²) in [5.41, 5.74) is 0.418. The van der Waals surface area contributed by atoms with Crippen LogP contribution in [0.4, 0.5) is 0 Å². The van der Waals surface area contributed by atoms with E-state index in [9.17, 15) is 9.59 Å². The van der Waals surface area contributed by atoms with Crippen LogP contribution in [0.2, 0.25) is 10.0 Å². The van der Waals surface area contributed by atoms with E-state index in [2.05, 4.69) is 10.6 Å². The summed E-state index contributed by atoms with van der Waals surface area (Å²) in [6.07, 6.45) is 2.30.